The first-order chi connectivity index (χ1) is 9.97. The van der Waals surface area contributed by atoms with Crippen molar-refractivity contribution in [3.8, 4) is 0 Å². The molecule has 0 bridgehead atoms. The van der Waals surface area contributed by atoms with Crippen LogP contribution in [0.4, 0.5) is 13.2 Å². The van der Waals surface area contributed by atoms with Crippen molar-refractivity contribution >= 4 is 0 Å². The van der Waals surface area contributed by atoms with Crippen LogP contribution in [-0.4, -0.2) is 0 Å². The van der Waals surface area contributed by atoms with Crippen LogP contribution in [0.3, 0.4) is 0 Å². The largest absolute Gasteiger partial charge is 0.416 e. The van der Waals surface area contributed by atoms with Crippen LogP contribution in [0, 0.1) is 0 Å². The molecule has 0 amide bonds. The number of hydrogen-bond acceptors (Lipinski definition) is 1. The second kappa shape index (κ2) is 5.19. The van der Waals surface area contributed by atoms with Crippen LogP contribution < -0.4 is 5.73 Å². The van der Waals surface area contributed by atoms with Crippen LogP contribution in [0.2, 0.25) is 0 Å². The Kier molecular flexibility index (Phi) is 3.49. The summed E-state index contributed by atoms with van der Waals surface area (Å²) in [6.45, 7) is 0. The molecule has 110 valence electrons. The Hall–Kier alpha value is -1.81. The predicted octanol–water partition coefficient (Wildman–Crippen LogP) is 4.44. The van der Waals surface area contributed by atoms with Crippen LogP contribution in [0.1, 0.15) is 40.6 Å². The highest BCUT2D eigenvalue weighted by Gasteiger charge is 2.31. The van der Waals surface area contributed by atoms with Crippen LogP contribution in [0.25, 0.3) is 0 Å². The van der Waals surface area contributed by atoms with E-state index in [0.29, 0.717) is 0 Å². The zero-order valence-electron chi connectivity index (χ0n) is 11.4. The standard InChI is InChI=1S/C17H16F3N/c18-17(19,20)13-8-5-12(6-9-13)16(21)15-10-7-11-3-1-2-4-14(11)15/h1-6,8-9,15-16H,7,10,21H2. The fourth-order valence-electron chi connectivity index (χ4n) is 3.09. The summed E-state index contributed by atoms with van der Waals surface area (Å²) in [5, 5.41) is 0. The topological polar surface area (TPSA) is 26.0 Å². The average molecular weight is 291 g/mol. The maximum absolute atomic E-state index is 12.6. The molecule has 21 heavy (non-hydrogen) atoms. The van der Waals surface area contributed by atoms with Crippen molar-refractivity contribution in [2.24, 2.45) is 5.73 Å². The van der Waals surface area contributed by atoms with Crippen LogP contribution in [0.5, 0.6) is 0 Å². The van der Waals surface area contributed by atoms with Crippen molar-refractivity contribution in [3.63, 3.8) is 0 Å². The molecule has 0 aromatic heterocycles. The van der Waals surface area contributed by atoms with E-state index in [0.717, 1.165) is 30.5 Å². The number of benzene rings is 2. The lowest BCUT2D eigenvalue weighted by atomic mass is 9.88. The molecular weight excluding hydrogens is 275 g/mol. The first-order valence-electron chi connectivity index (χ1n) is 6.97. The van der Waals surface area contributed by atoms with Gasteiger partial charge in [0, 0.05) is 12.0 Å². The van der Waals surface area contributed by atoms with Gasteiger partial charge >= 0.3 is 6.18 Å². The summed E-state index contributed by atoms with van der Waals surface area (Å²) in [6, 6.07) is 13.1. The molecule has 2 aromatic rings. The Labute approximate surface area is 121 Å². The van der Waals surface area contributed by atoms with Gasteiger partial charge in [0.15, 0.2) is 0 Å². The van der Waals surface area contributed by atoms with Crippen molar-refractivity contribution < 1.29 is 13.2 Å². The number of halogens is 3. The molecule has 0 aliphatic heterocycles. The van der Waals surface area contributed by atoms with Crippen molar-refractivity contribution in [2.75, 3.05) is 0 Å². The summed E-state index contributed by atoms with van der Waals surface area (Å²) in [6.07, 6.45) is -2.38. The third-order valence-electron chi connectivity index (χ3n) is 4.24. The third kappa shape index (κ3) is 2.68. The Morgan fingerprint density at radius 3 is 2.33 bits per heavy atom. The van der Waals surface area contributed by atoms with E-state index in [1.165, 1.54) is 23.3 Å². The smallest absolute Gasteiger partial charge is 0.323 e. The predicted molar refractivity (Wildman–Crippen MR) is 75.9 cm³/mol. The van der Waals surface area contributed by atoms with Gasteiger partial charge in [0.2, 0.25) is 0 Å². The van der Waals surface area contributed by atoms with Gasteiger partial charge < -0.3 is 5.73 Å². The van der Waals surface area contributed by atoms with Gasteiger partial charge in [-0.15, -0.1) is 0 Å². The number of alkyl halides is 3. The molecule has 0 saturated carbocycles. The molecule has 2 N–H and O–H groups in total. The molecular formula is C17H16F3N. The highest BCUT2D eigenvalue weighted by atomic mass is 19.4. The molecule has 4 heteroatoms. The minimum absolute atomic E-state index is 0.179. The van der Waals surface area contributed by atoms with Gasteiger partial charge in [-0.1, -0.05) is 36.4 Å². The fourth-order valence-corrected chi connectivity index (χ4v) is 3.09. The van der Waals surface area contributed by atoms with E-state index in [2.05, 4.69) is 12.1 Å². The maximum atomic E-state index is 12.6. The molecule has 1 aliphatic rings. The van der Waals surface area contributed by atoms with Gasteiger partial charge in [-0.25, -0.2) is 0 Å². The average Bonchev–Trinajstić information content (AvgIpc) is 2.90. The van der Waals surface area contributed by atoms with E-state index in [9.17, 15) is 13.2 Å². The molecule has 0 heterocycles. The van der Waals surface area contributed by atoms with Gasteiger partial charge in [0.1, 0.15) is 0 Å². The molecule has 0 spiro atoms. The van der Waals surface area contributed by atoms with E-state index in [4.69, 9.17) is 5.73 Å². The first-order valence-corrected chi connectivity index (χ1v) is 6.97. The Morgan fingerprint density at radius 1 is 1.00 bits per heavy atom. The molecule has 2 unspecified atom stereocenters. The van der Waals surface area contributed by atoms with Crippen LogP contribution in [0.15, 0.2) is 48.5 Å². The number of hydrogen-bond donors (Lipinski definition) is 1. The van der Waals surface area contributed by atoms with Gasteiger partial charge in [0.05, 0.1) is 5.56 Å². The second-order valence-electron chi connectivity index (χ2n) is 5.49. The number of rotatable bonds is 2. The van der Waals surface area contributed by atoms with Crippen LogP contribution >= 0.6 is 0 Å². The maximum Gasteiger partial charge on any atom is 0.416 e. The molecule has 0 fully saturated rings. The van der Waals surface area contributed by atoms with E-state index in [-0.39, 0.29) is 12.0 Å². The summed E-state index contributed by atoms with van der Waals surface area (Å²) >= 11 is 0. The van der Waals surface area contributed by atoms with E-state index in [1.807, 2.05) is 12.1 Å². The lowest BCUT2D eigenvalue weighted by Crippen LogP contribution is -2.18. The Balaban J connectivity index is 1.85. The molecule has 1 nitrogen and oxygen atoms in total. The highest BCUT2D eigenvalue weighted by molar-refractivity contribution is 5.38. The molecule has 3 rings (SSSR count). The quantitative estimate of drug-likeness (QED) is 0.870. The van der Waals surface area contributed by atoms with Gasteiger partial charge in [-0.05, 0) is 41.7 Å². The summed E-state index contributed by atoms with van der Waals surface area (Å²) in [7, 11) is 0. The van der Waals surface area contributed by atoms with Crippen molar-refractivity contribution in [3.05, 3.63) is 70.8 Å². The zero-order valence-corrected chi connectivity index (χ0v) is 11.4. The molecule has 1 aliphatic carbocycles. The zero-order chi connectivity index (χ0) is 15.0. The third-order valence-corrected chi connectivity index (χ3v) is 4.24. The molecule has 0 radical (unpaired) electrons. The summed E-state index contributed by atoms with van der Waals surface area (Å²) < 4.78 is 37.8. The first kappa shape index (κ1) is 14.1. The van der Waals surface area contributed by atoms with Gasteiger partial charge in [-0.3, -0.25) is 0 Å². The second-order valence-corrected chi connectivity index (χ2v) is 5.49. The summed E-state index contributed by atoms with van der Waals surface area (Å²) in [5.41, 5.74) is 8.94. The van der Waals surface area contributed by atoms with E-state index < -0.39 is 11.7 Å². The number of fused-ring (bicyclic) bond motifs is 1. The molecule has 2 aromatic carbocycles. The van der Waals surface area contributed by atoms with Gasteiger partial charge in [0.25, 0.3) is 0 Å². The molecule has 0 saturated heterocycles. The van der Waals surface area contributed by atoms with Crippen molar-refractivity contribution in [1.82, 2.24) is 0 Å². The van der Waals surface area contributed by atoms with Crippen LogP contribution in [-0.2, 0) is 12.6 Å². The van der Waals surface area contributed by atoms with E-state index >= 15 is 0 Å². The minimum Gasteiger partial charge on any atom is -0.323 e. The van der Waals surface area contributed by atoms with Crippen molar-refractivity contribution in [1.29, 1.82) is 0 Å². The fraction of sp³-hybridized carbons (Fsp3) is 0.294. The highest BCUT2D eigenvalue weighted by Crippen LogP contribution is 2.40. The summed E-state index contributed by atoms with van der Waals surface area (Å²) in [4.78, 5) is 0. The Morgan fingerprint density at radius 2 is 1.67 bits per heavy atom. The van der Waals surface area contributed by atoms with Gasteiger partial charge in [-0.2, -0.15) is 13.2 Å². The SMILES string of the molecule is NC(c1ccc(C(F)(F)F)cc1)C1CCc2ccccc21. The minimum atomic E-state index is -4.30. The normalized spacial score (nSPS) is 19.3. The van der Waals surface area contributed by atoms with Crippen molar-refractivity contribution in [2.45, 2.75) is 31.0 Å². The Bertz CT molecular complexity index is 631. The number of nitrogens with two attached hydrogens (primary N) is 1. The monoisotopic (exact) mass is 291 g/mol. The lowest BCUT2D eigenvalue weighted by Gasteiger charge is -2.21. The summed E-state index contributed by atoms with van der Waals surface area (Å²) in [5.74, 6) is 0.179. The van der Waals surface area contributed by atoms with E-state index in [1.54, 1.807) is 0 Å². The number of aryl methyl sites for hydroxylation is 1. The lowest BCUT2D eigenvalue weighted by molar-refractivity contribution is -0.137. The molecule has 2 atom stereocenters.